The van der Waals surface area contributed by atoms with Gasteiger partial charge in [0.1, 0.15) is 0 Å². The number of hydrogen-bond donors (Lipinski definition) is 2. The highest BCUT2D eigenvalue weighted by atomic mass is 14.9. The molecule has 18 heavy (non-hydrogen) atoms. The van der Waals surface area contributed by atoms with E-state index in [0.717, 1.165) is 6.54 Å². The van der Waals surface area contributed by atoms with Gasteiger partial charge >= 0.3 is 0 Å². The van der Waals surface area contributed by atoms with E-state index in [-0.39, 0.29) is 0 Å². The van der Waals surface area contributed by atoms with E-state index in [1.807, 2.05) is 0 Å². The zero-order valence-corrected chi connectivity index (χ0v) is 14.0. The second-order valence-electron chi connectivity index (χ2n) is 7.18. The van der Waals surface area contributed by atoms with Gasteiger partial charge in [-0.3, -0.25) is 0 Å². The SMILES string of the molecule is CCNC(C)C(C)(C)CC(CC(C)(C)CC)NC. The lowest BCUT2D eigenvalue weighted by Crippen LogP contribution is -2.44. The van der Waals surface area contributed by atoms with E-state index in [0.29, 0.717) is 22.9 Å². The molecular weight excluding hydrogens is 220 g/mol. The van der Waals surface area contributed by atoms with Gasteiger partial charge in [-0.15, -0.1) is 0 Å². The van der Waals surface area contributed by atoms with Crippen LogP contribution in [-0.4, -0.2) is 25.7 Å². The van der Waals surface area contributed by atoms with Crippen LogP contribution < -0.4 is 10.6 Å². The molecule has 2 unspecified atom stereocenters. The molecule has 0 aliphatic carbocycles. The largest absolute Gasteiger partial charge is 0.317 e. The first-order chi connectivity index (χ1) is 8.18. The fraction of sp³-hybridized carbons (Fsp3) is 1.00. The second kappa shape index (κ2) is 7.49. The predicted molar refractivity (Wildman–Crippen MR) is 83.1 cm³/mol. The number of hydrogen-bond acceptors (Lipinski definition) is 2. The van der Waals surface area contributed by atoms with Crippen molar-refractivity contribution in [2.24, 2.45) is 10.8 Å². The highest BCUT2D eigenvalue weighted by Crippen LogP contribution is 2.33. The molecule has 0 heterocycles. The molecule has 0 aromatic rings. The number of nitrogens with one attached hydrogen (secondary N) is 2. The van der Waals surface area contributed by atoms with Crippen LogP contribution in [0.4, 0.5) is 0 Å². The van der Waals surface area contributed by atoms with Crippen LogP contribution in [0.5, 0.6) is 0 Å². The van der Waals surface area contributed by atoms with Crippen molar-refractivity contribution in [3.63, 3.8) is 0 Å². The van der Waals surface area contributed by atoms with Crippen LogP contribution in [0, 0.1) is 10.8 Å². The first-order valence-corrected chi connectivity index (χ1v) is 7.59. The second-order valence-corrected chi connectivity index (χ2v) is 7.18. The van der Waals surface area contributed by atoms with Gasteiger partial charge in [0.25, 0.3) is 0 Å². The maximum Gasteiger partial charge on any atom is 0.00903 e. The third-order valence-electron chi connectivity index (χ3n) is 4.62. The molecule has 2 nitrogen and oxygen atoms in total. The Bertz CT molecular complexity index is 221. The van der Waals surface area contributed by atoms with Crippen LogP contribution in [0.1, 0.15) is 67.7 Å². The first-order valence-electron chi connectivity index (χ1n) is 7.59. The Morgan fingerprint density at radius 1 is 1.00 bits per heavy atom. The average molecular weight is 256 g/mol. The summed E-state index contributed by atoms with van der Waals surface area (Å²) in [7, 11) is 2.10. The van der Waals surface area contributed by atoms with Gasteiger partial charge < -0.3 is 10.6 Å². The van der Waals surface area contributed by atoms with Crippen LogP contribution in [0.3, 0.4) is 0 Å². The van der Waals surface area contributed by atoms with Gasteiger partial charge in [0, 0.05) is 12.1 Å². The first kappa shape index (κ1) is 17.9. The van der Waals surface area contributed by atoms with E-state index in [1.165, 1.54) is 19.3 Å². The Kier molecular flexibility index (Phi) is 7.46. The third-order valence-corrected chi connectivity index (χ3v) is 4.62. The monoisotopic (exact) mass is 256 g/mol. The minimum atomic E-state index is 0.327. The molecule has 0 aromatic carbocycles. The van der Waals surface area contributed by atoms with E-state index in [9.17, 15) is 0 Å². The van der Waals surface area contributed by atoms with Gasteiger partial charge in [-0.2, -0.15) is 0 Å². The normalized spacial score (nSPS) is 16.7. The van der Waals surface area contributed by atoms with Crippen molar-refractivity contribution in [2.75, 3.05) is 13.6 Å². The Labute approximate surface area is 115 Å². The molecule has 0 aliphatic rings. The van der Waals surface area contributed by atoms with Crippen LogP contribution >= 0.6 is 0 Å². The summed E-state index contributed by atoms with van der Waals surface area (Å²) in [6.45, 7) is 17.3. The van der Waals surface area contributed by atoms with Crippen LogP contribution in [0.2, 0.25) is 0 Å². The molecule has 0 rings (SSSR count). The molecule has 0 amide bonds. The maximum absolute atomic E-state index is 3.56. The maximum atomic E-state index is 3.56. The van der Waals surface area contributed by atoms with E-state index < -0.39 is 0 Å². The van der Waals surface area contributed by atoms with Crippen molar-refractivity contribution < 1.29 is 0 Å². The van der Waals surface area contributed by atoms with E-state index in [4.69, 9.17) is 0 Å². The van der Waals surface area contributed by atoms with Gasteiger partial charge in [-0.1, -0.05) is 48.0 Å². The topological polar surface area (TPSA) is 24.1 Å². The van der Waals surface area contributed by atoms with Crippen LogP contribution in [-0.2, 0) is 0 Å². The minimum absolute atomic E-state index is 0.327. The molecule has 2 N–H and O–H groups in total. The molecular formula is C16H36N2. The fourth-order valence-electron chi connectivity index (χ4n) is 2.48. The summed E-state index contributed by atoms with van der Waals surface area (Å²) in [4.78, 5) is 0. The summed E-state index contributed by atoms with van der Waals surface area (Å²) in [5, 5.41) is 7.08. The van der Waals surface area contributed by atoms with E-state index in [1.54, 1.807) is 0 Å². The van der Waals surface area contributed by atoms with Crippen molar-refractivity contribution in [2.45, 2.75) is 79.8 Å². The van der Waals surface area contributed by atoms with Crippen molar-refractivity contribution in [1.29, 1.82) is 0 Å². The molecule has 0 saturated carbocycles. The van der Waals surface area contributed by atoms with Crippen molar-refractivity contribution in [3.05, 3.63) is 0 Å². The Balaban J connectivity index is 4.52. The standard InChI is InChI=1S/C16H36N2/c1-9-15(4,5)11-14(17-8)12-16(6,7)13(3)18-10-2/h13-14,17-18H,9-12H2,1-8H3. The Morgan fingerprint density at radius 3 is 1.94 bits per heavy atom. The Morgan fingerprint density at radius 2 is 1.56 bits per heavy atom. The molecule has 0 bridgehead atoms. The molecule has 0 saturated heterocycles. The van der Waals surface area contributed by atoms with Gasteiger partial charge in [0.2, 0.25) is 0 Å². The molecule has 0 aromatic heterocycles. The molecule has 0 aliphatic heterocycles. The lowest BCUT2D eigenvalue weighted by Gasteiger charge is -2.38. The third kappa shape index (κ3) is 6.19. The van der Waals surface area contributed by atoms with Crippen molar-refractivity contribution in [3.8, 4) is 0 Å². The highest BCUT2D eigenvalue weighted by molar-refractivity contribution is 4.87. The van der Waals surface area contributed by atoms with Crippen molar-refractivity contribution >= 4 is 0 Å². The minimum Gasteiger partial charge on any atom is -0.317 e. The number of rotatable bonds is 9. The molecule has 0 fully saturated rings. The van der Waals surface area contributed by atoms with Crippen LogP contribution in [0.25, 0.3) is 0 Å². The summed E-state index contributed by atoms with van der Waals surface area (Å²) >= 11 is 0. The molecule has 0 spiro atoms. The lowest BCUT2D eigenvalue weighted by atomic mass is 9.74. The molecule has 2 atom stereocenters. The highest BCUT2D eigenvalue weighted by Gasteiger charge is 2.30. The summed E-state index contributed by atoms with van der Waals surface area (Å²) in [5.74, 6) is 0. The lowest BCUT2D eigenvalue weighted by molar-refractivity contribution is 0.179. The fourth-order valence-corrected chi connectivity index (χ4v) is 2.48. The van der Waals surface area contributed by atoms with Gasteiger partial charge in [-0.25, -0.2) is 0 Å². The van der Waals surface area contributed by atoms with Gasteiger partial charge in [-0.05, 0) is 44.2 Å². The summed E-state index contributed by atoms with van der Waals surface area (Å²) in [6.07, 6.45) is 3.72. The Hall–Kier alpha value is -0.0800. The quantitative estimate of drug-likeness (QED) is 0.655. The molecule has 110 valence electrons. The zero-order chi connectivity index (χ0) is 14.4. The average Bonchev–Trinajstić information content (AvgIpc) is 2.27. The van der Waals surface area contributed by atoms with Gasteiger partial charge in [0.15, 0.2) is 0 Å². The van der Waals surface area contributed by atoms with E-state index in [2.05, 4.69) is 66.1 Å². The summed E-state index contributed by atoms with van der Waals surface area (Å²) < 4.78 is 0. The van der Waals surface area contributed by atoms with E-state index >= 15 is 0 Å². The molecule has 2 heteroatoms. The summed E-state index contributed by atoms with van der Waals surface area (Å²) in [5.41, 5.74) is 0.763. The van der Waals surface area contributed by atoms with Crippen LogP contribution in [0.15, 0.2) is 0 Å². The van der Waals surface area contributed by atoms with Crippen molar-refractivity contribution in [1.82, 2.24) is 10.6 Å². The smallest absolute Gasteiger partial charge is 0.00903 e. The molecule has 0 radical (unpaired) electrons. The summed E-state index contributed by atoms with van der Waals surface area (Å²) in [6, 6.07) is 1.17. The predicted octanol–water partition coefficient (Wildman–Crippen LogP) is 3.82. The zero-order valence-electron chi connectivity index (χ0n) is 14.0. The van der Waals surface area contributed by atoms with Gasteiger partial charge in [0.05, 0.1) is 0 Å².